The lowest BCUT2D eigenvalue weighted by Crippen LogP contribution is -2.45. The Kier molecular flexibility index (Phi) is 3.65. The summed E-state index contributed by atoms with van der Waals surface area (Å²) < 4.78 is 12.4. The fourth-order valence-corrected chi connectivity index (χ4v) is 3.25. The third kappa shape index (κ3) is 2.06. The summed E-state index contributed by atoms with van der Waals surface area (Å²) in [6.07, 6.45) is 6.14. The Balaban J connectivity index is 2.29. The lowest BCUT2D eigenvalue weighted by atomic mass is 9.78. The molecule has 0 aromatic carbocycles. The van der Waals surface area contributed by atoms with Crippen molar-refractivity contribution in [2.75, 3.05) is 0 Å². The van der Waals surface area contributed by atoms with Crippen LogP contribution in [-0.4, -0.2) is 18.0 Å². The first-order chi connectivity index (χ1) is 7.98. The van der Waals surface area contributed by atoms with Crippen molar-refractivity contribution in [2.24, 2.45) is 11.8 Å². The normalized spacial score (nSPS) is 38.2. The maximum Gasteiger partial charge on any atom is 0.161 e. The maximum absolute atomic E-state index is 6.38. The van der Waals surface area contributed by atoms with Crippen LogP contribution in [0.4, 0.5) is 0 Å². The van der Waals surface area contributed by atoms with Gasteiger partial charge in [-0.25, -0.2) is 0 Å². The lowest BCUT2D eigenvalue weighted by Gasteiger charge is -2.37. The van der Waals surface area contributed by atoms with Gasteiger partial charge in [-0.1, -0.05) is 33.8 Å². The van der Waals surface area contributed by atoms with Crippen molar-refractivity contribution in [3.63, 3.8) is 0 Å². The minimum absolute atomic E-state index is 0.0473. The quantitative estimate of drug-likeness (QED) is 0.694. The molecule has 0 bridgehead atoms. The van der Waals surface area contributed by atoms with Gasteiger partial charge >= 0.3 is 0 Å². The van der Waals surface area contributed by atoms with Gasteiger partial charge in [0.05, 0.1) is 6.10 Å². The van der Waals surface area contributed by atoms with Crippen LogP contribution in [0, 0.1) is 11.8 Å². The largest absolute Gasteiger partial charge is 0.346 e. The summed E-state index contributed by atoms with van der Waals surface area (Å²) in [7, 11) is 0. The van der Waals surface area contributed by atoms with Crippen LogP contribution in [0.15, 0.2) is 11.6 Å². The molecule has 1 heterocycles. The summed E-state index contributed by atoms with van der Waals surface area (Å²) in [5.74, 6) is 0.880. The molecule has 0 spiro atoms. The Morgan fingerprint density at radius 1 is 1.29 bits per heavy atom. The fraction of sp³-hybridized carbons (Fsp3) is 0.867. The van der Waals surface area contributed by atoms with Gasteiger partial charge in [0, 0.05) is 5.92 Å². The van der Waals surface area contributed by atoms with Gasteiger partial charge < -0.3 is 9.47 Å². The molecule has 2 aliphatic rings. The molecule has 1 aliphatic heterocycles. The zero-order valence-electron chi connectivity index (χ0n) is 11.8. The molecule has 0 aromatic heterocycles. The standard InChI is InChI=1S/C15H26O2/c1-10(2)14-16-12(5)15(17-14,11(3)4)13-8-6-7-9-13/h8,10-12,14H,6-7,9H2,1-5H3/t12-,14-,15+/m1/s1. The molecule has 2 heteroatoms. The lowest BCUT2D eigenvalue weighted by molar-refractivity contribution is -0.116. The van der Waals surface area contributed by atoms with E-state index >= 15 is 0 Å². The summed E-state index contributed by atoms with van der Waals surface area (Å²) in [4.78, 5) is 0. The van der Waals surface area contributed by atoms with Crippen molar-refractivity contribution < 1.29 is 9.47 Å². The van der Waals surface area contributed by atoms with Crippen LogP contribution < -0.4 is 0 Å². The number of rotatable bonds is 3. The van der Waals surface area contributed by atoms with Crippen LogP contribution in [0.25, 0.3) is 0 Å². The number of ether oxygens (including phenoxy) is 2. The van der Waals surface area contributed by atoms with Gasteiger partial charge in [-0.15, -0.1) is 0 Å². The Morgan fingerprint density at radius 3 is 2.41 bits per heavy atom. The van der Waals surface area contributed by atoms with Gasteiger partial charge in [-0.2, -0.15) is 0 Å². The first-order valence-electron chi connectivity index (χ1n) is 7.01. The summed E-state index contributed by atoms with van der Waals surface area (Å²) >= 11 is 0. The topological polar surface area (TPSA) is 18.5 Å². The highest BCUT2D eigenvalue weighted by atomic mass is 16.7. The van der Waals surface area contributed by atoms with E-state index in [1.807, 2.05) is 0 Å². The van der Waals surface area contributed by atoms with Gasteiger partial charge in [0.2, 0.25) is 0 Å². The highest BCUT2D eigenvalue weighted by molar-refractivity contribution is 5.25. The second kappa shape index (κ2) is 4.74. The Hall–Kier alpha value is -0.340. The molecule has 98 valence electrons. The molecule has 0 N–H and O–H groups in total. The van der Waals surface area contributed by atoms with Gasteiger partial charge in [-0.3, -0.25) is 0 Å². The molecular weight excluding hydrogens is 212 g/mol. The van der Waals surface area contributed by atoms with Crippen LogP contribution in [0.5, 0.6) is 0 Å². The third-order valence-electron chi connectivity index (χ3n) is 4.20. The van der Waals surface area contributed by atoms with Crippen molar-refractivity contribution >= 4 is 0 Å². The van der Waals surface area contributed by atoms with Crippen molar-refractivity contribution in [3.8, 4) is 0 Å². The summed E-state index contributed by atoms with van der Waals surface area (Å²) in [6.45, 7) is 11.0. The summed E-state index contributed by atoms with van der Waals surface area (Å²) in [5.41, 5.74) is 1.30. The second-order valence-corrected chi connectivity index (χ2v) is 6.08. The van der Waals surface area contributed by atoms with E-state index in [2.05, 4.69) is 40.7 Å². The smallest absolute Gasteiger partial charge is 0.161 e. The van der Waals surface area contributed by atoms with Gasteiger partial charge in [0.25, 0.3) is 0 Å². The third-order valence-corrected chi connectivity index (χ3v) is 4.20. The van der Waals surface area contributed by atoms with E-state index in [0.29, 0.717) is 11.8 Å². The average molecular weight is 238 g/mol. The predicted octanol–water partition coefficient (Wildman–Crippen LogP) is 3.91. The number of allylic oxidation sites excluding steroid dienone is 1. The van der Waals surface area contributed by atoms with E-state index in [9.17, 15) is 0 Å². The molecule has 17 heavy (non-hydrogen) atoms. The van der Waals surface area contributed by atoms with E-state index in [1.54, 1.807) is 0 Å². The van der Waals surface area contributed by atoms with E-state index in [-0.39, 0.29) is 18.0 Å². The molecular formula is C15H26O2. The van der Waals surface area contributed by atoms with Crippen LogP contribution in [0.3, 0.4) is 0 Å². The molecule has 3 atom stereocenters. The van der Waals surface area contributed by atoms with Gasteiger partial charge in [0.15, 0.2) is 6.29 Å². The van der Waals surface area contributed by atoms with Crippen molar-refractivity contribution in [1.82, 2.24) is 0 Å². The summed E-state index contributed by atoms with van der Waals surface area (Å²) in [6, 6.07) is 0. The van der Waals surface area contributed by atoms with E-state index in [1.165, 1.54) is 24.8 Å². The molecule has 0 amide bonds. The van der Waals surface area contributed by atoms with Gasteiger partial charge in [-0.05, 0) is 37.7 Å². The molecule has 0 radical (unpaired) electrons. The zero-order chi connectivity index (χ0) is 12.6. The number of hydrogen-bond acceptors (Lipinski definition) is 2. The van der Waals surface area contributed by atoms with Crippen LogP contribution in [0.2, 0.25) is 0 Å². The molecule has 1 saturated heterocycles. The van der Waals surface area contributed by atoms with Gasteiger partial charge in [0.1, 0.15) is 5.60 Å². The zero-order valence-corrected chi connectivity index (χ0v) is 11.8. The minimum atomic E-state index is -0.175. The Morgan fingerprint density at radius 2 is 2.00 bits per heavy atom. The molecule has 0 unspecified atom stereocenters. The maximum atomic E-state index is 6.38. The van der Waals surface area contributed by atoms with Crippen molar-refractivity contribution in [1.29, 1.82) is 0 Å². The molecule has 1 fully saturated rings. The number of hydrogen-bond donors (Lipinski definition) is 0. The van der Waals surface area contributed by atoms with Crippen molar-refractivity contribution in [2.45, 2.75) is 71.9 Å². The summed E-state index contributed by atoms with van der Waals surface area (Å²) in [5, 5.41) is 0. The fourth-order valence-electron chi connectivity index (χ4n) is 3.25. The van der Waals surface area contributed by atoms with Crippen LogP contribution >= 0.6 is 0 Å². The molecule has 0 saturated carbocycles. The molecule has 2 rings (SSSR count). The molecule has 0 aromatic rings. The van der Waals surface area contributed by atoms with Crippen LogP contribution in [-0.2, 0) is 9.47 Å². The minimum Gasteiger partial charge on any atom is -0.346 e. The Labute approximate surface area is 105 Å². The van der Waals surface area contributed by atoms with E-state index in [4.69, 9.17) is 9.47 Å². The first kappa shape index (κ1) is 13.1. The second-order valence-electron chi connectivity index (χ2n) is 6.08. The monoisotopic (exact) mass is 238 g/mol. The van der Waals surface area contributed by atoms with E-state index in [0.717, 1.165) is 0 Å². The van der Waals surface area contributed by atoms with E-state index < -0.39 is 0 Å². The van der Waals surface area contributed by atoms with Crippen molar-refractivity contribution in [3.05, 3.63) is 11.6 Å². The Bertz CT molecular complexity index is 306. The average Bonchev–Trinajstić information content (AvgIpc) is 2.84. The predicted molar refractivity (Wildman–Crippen MR) is 69.8 cm³/mol. The molecule has 2 nitrogen and oxygen atoms in total. The molecule has 1 aliphatic carbocycles. The van der Waals surface area contributed by atoms with Crippen LogP contribution in [0.1, 0.15) is 53.9 Å². The highest BCUT2D eigenvalue weighted by Crippen LogP contribution is 2.46. The first-order valence-corrected chi connectivity index (χ1v) is 7.01. The highest BCUT2D eigenvalue weighted by Gasteiger charge is 2.52. The SMILES string of the molecule is CC(C)[C@@H]1O[C@H](C)[C@](C2=CCCC2)(C(C)C)O1.